The molecule has 2 saturated heterocycles. The Morgan fingerprint density at radius 2 is 1.90 bits per heavy atom. The van der Waals surface area contributed by atoms with Crippen LogP contribution in [-0.4, -0.2) is 55.8 Å². The van der Waals surface area contributed by atoms with E-state index < -0.39 is 0 Å². The Labute approximate surface area is 171 Å². The third-order valence-electron chi connectivity index (χ3n) is 6.64. The summed E-state index contributed by atoms with van der Waals surface area (Å²) in [5.41, 5.74) is 1.24. The van der Waals surface area contributed by atoms with Crippen LogP contribution in [-0.2, 0) is 16.1 Å². The zero-order valence-corrected chi connectivity index (χ0v) is 17.3. The lowest BCUT2D eigenvalue weighted by Gasteiger charge is -2.47. The molecule has 4 rings (SSSR count). The highest BCUT2D eigenvalue weighted by Gasteiger charge is 2.42. The molecule has 7 nitrogen and oxygen atoms in total. The van der Waals surface area contributed by atoms with Crippen molar-refractivity contribution >= 4 is 11.8 Å². The van der Waals surface area contributed by atoms with Gasteiger partial charge >= 0.3 is 0 Å². The largest absolute Gasteiger partial charge is 0.341 e. The summed E-state index contributed by atoms with van der Waals surface area (Å²) in [5.74, 6) is 1.24. The molecule has 0 bridgehead atoms. The summed E-state index contributed by atoms with van der Waals surface area (Å²) >= 11 is 0. The van der Waals surface area contributed by atoms with Crippen molar-refractivity contribution in [2.75, 3.05) is 19.6 Å². The Morgan fingerprint density at radius 1 is 1.17 bits per heavy atom. The first-order chi connectivity index (χ1) is 14.0. The van der Waals surface area contributed by atoms with Crippen molar-refractivity contribution in [2.24, 2.45) is 5.41 Å². The van der Waals surface area contributed by atoms with Crippen molar-refractivity contribution in [1.82, 2.24) is 24.3 Å². The molecule has 0 aliphatic carbocycles. The van der Waals surface area contributed by atoms with Gasteiger partial charge in [0.1, 0.15) is 11.9 Å². The van der Waals surface area contributed by atoms with Crippen LogP contribution in [0.3, 0.4) is 0 Å². The van der Waals surface area contributed by atoms with Crippen LogP contribution < -0.4 is 0 Å². The van der Waals surface area contributed by atoms with Gasteiger partial charge in [-0.3, -0.25) is 14.6 Å². The predicted octanol–water partition coefficient (Wildman–Crippen LogP) is 2.58. The zero-order valence-electron chi connectivity index (χ0n) is 17.3. The fourth-order valence-corrected chi connectivity index (χ4v) is 4.74. The second-order valence-corrected chi connectivity index (χ2v) is 8.49. The SMILES string of the molecule is Cc1nccn1C(C)C(=O)N1CCC2(CCC(=O)N(Cc3ccncc3)C2)CC1. The second-order valence-electron chi connectivity index (χ2n) is 8.49. The molecule has 2 aromatic rings. The molecule has 29 heavy (non-hydrogen) atoms. The van der Waals surface area contributed by atoms with Crippen LogP contribution in [0.1, 0.15) is 50.0 Å². The molecule has 2 aromatic heterocycles. The molecule has 4 heterocycles. The topological polar surface area (TPSA) is 71.3 Å². The average molecular weight is 396 g/mol. The number of aryl methyl sites for hydroxylation is 1. The Morgan fingerprint density at radius 3 is 2.55 bits per heavy atom. The van der Waals surface area contributed by atoms with Crippen LogP contribution in [0.2, 0.25) is 0 Å². The number of carbonyl (C=O) groups is 2. The van der Waals surface area contributed by atoms with Crippen molar-refractivity contribution in [2.45, 2.75) is 52.1 Å². The van der Waals surface area contributed by atoms with Gasteiger partial charge in [0.2, 0.25) is 11.8 Å². The summed E-state index contributed by atoms with van der Waals surface area (Å²) in [6.45, 7) is 6.81. The van der Waals surface area contributed by atoms with Gasteiger partial charge in [0.25, 0.3) is 0 Å². The Bertz CT molecular complexity index is 870. The predicted molar refractivity (Wildman–Crippen MR) is 109 cm³/mol. The average Bonchev–Trinajstić information content (AvgIpc) is 3.17. The highest BCUT2D eigenvalue weighted by molar-refractivity contribution is 5.80. The van der Waals surface area contributed by atoms with E-state index in [0.717, 1.165) is 50.3 Å². The van der Waals surface area contributed by atoms with Crippen LogP contribution in [0.15, 0.2) is 36.9 Å². The van der Waals surface area contributed by atoms with E-state index in [2.05, 4.69) is 9.97 Å². The molecule has 0 saturated carbocycles. The van der Waals surface area contributed by atoms with Crippen molar-refractivity contribution < 1.29 is 9.59 Å². The minimum atomic E-state index is -0.234. The number of hydrogen-bond donors (Lipinski definition) is 0. The number of aromatic nitrogens is 3. The van der Waals surface area contributed by atoms with Gasteiger partial charge in [0.15, 0.2) is 0 Å². The third kappa shape index (κ3) is 4.04. The van der Waals surface area contributed by atoms with Gasteiger partial charge in [-0.1, -0.05) is 0 Å². The van der Waals surface area contributed by atoms with Crippen LogP contribution in [0.25, 0.3) is 0 Å². The molecule has 2 aliphatic rings. The first kappa shape index (κ1) is 19.6. The molecule has 2 amide bonds. The molecule has 0 N–H and O–H groups in total. The fraction of sp³-hybridized carbons (Fsp3) is 0.545. The number of nitrogens with zero attached hydrogens (tertiary/aromatic N) is 5. The molecule has 2 aliphatic heterocycles. The lowest BCUT2D eigenvalue weighted by Crippen LogP contribution is -2.52. The van der Waals surface area contributed by atoms with E-state index in [4.69, 9.17) is 0 Å². The first-order valence-corrected chi connectivity index (χ1v) is 10.4. The number of hydrogen-bond acceptors (Lipinski definition) is 4. The van der Waals surface area contributed by atoms with Crippen LogP contribution in [0.4, 0.5) is 0 Å². The summed E-state index contributed by atoms with van der Waals surface area (Å²) in [5, 5.41) is 0. The summed E-state index contributed by atoms with van der Waals surface area (Å²) in [6.07, 6.45) is 10.6. The van der Waals surface area contributed by atoms with Gasteiger partial charge < -0.3 is 14.4 Å². The minimum Gasteiger partial charge on any atom is -0.341 e. The molecule has 0 radical (unpaired) electrons. The van der Waals surface area contributed by atoms with Gasteiger partial charge in [-0.05, 0) is 56.2 Å². The molecular weight excluding hydrogens is 366 g/mol. The Balaban J connectivity index is 1.38. The maximum Gasteiger partial charge on any atom is 0.245 e. The van der Waals surface area contributed by atoms with E-state index in [1.807, 2.05) is 46.5 Å². The van der Waals surface area contributed by atoms with E-state index >= 15 is 0 Å². The summed E-state index contributed by atoms with van der Waals surface area (Å²) < 4.78 is 1.93. The maximum absolute atomic E-state index is 13.0. The number of imidazole rings is 1. The van der Waals surface area contributed by atoms with E-state index in [1.165, 1.54) is 0 Å². The molecule has 154 valence electrons. The number of pyridine rings is 1. The van der Waals surface area contributed by atoms with Gasteiger partial charge in [-0.15, -0.1) is 0 Å². The van der Waals surface area contributed by atoms with Crippen molar-refractivity contribution in [3.63, 3.8) is 0 Å². The van der Waals surface area contributed by atoms with Crippen molar-refractivity contribution in [3.8, 4) is 0 Å². The second kappa shape index (κ2) is 7.97. The van der Waals surface area contributed by atoms with Gasteiger partial charge in [-0.2, -0.15) is 0 Å². The van der Waals surface area contributed by atoms with Gasteiger partial charge in [0, 0.05) is 57.4 Å². The third-order valence-corrected chi connectivity index (χ3v) is 6.64. The number of carbonyl (C=O) groups excluding carboxylic acids is 2. The Kier molecular flexibility index (Phi) is 5.39. The summed E-state index contributed by atoms with van der Waals surface area (Å²) in [7, 11) is 0. The minimum absolute atomic E-state index is 0.131. The molecule has 2 fully saturated rings. The van der Waals surface area contributed by atoms with Crippen LogP contribution >= 0.6 is 0 Å². The normalized spacial score (nSPS) is 20.1. The Hall–Kier alpha value is -2.70. The van der Waals surface area contributed by atoms with Gasteiger partial charge in [0.05, 0.1) is 0 Å². The van der Waals surface area contributed by atoms with E-state index in [9.17, 15) is 9.59 Å². The lowest BCUT2D eigenvalue weighted by atomic mass is 9.72. The summed E-state index contributed by atoms with van der Waals surface area (Å²) in [6, 6.07) is 3.70. The molecule has 0 aromatic carbocycles. The van der Waals surface area contributed by atoms with Crippen LogP contribution in [0.5, 0.6) is 0 Å². The maximum atomic E-state index is 13.0. The number of piperidine rings is 2. The molecule has 1 unspecified atom stereocenters. The monoisotopic (exact) mass is 395 g/mol. The van der Waals surface area contributed by atoms with E-state index in [1.54, 1.807) is 18.6 Å². The van der Waals surface area contributed by atoms with Gasteiger partial charge in [-0.25, -0.2) is 4.98 Å². The molecule has 7 heteroatoms. The fourth-order valence-electron chi connectivity index (χ4n) is 4.74. The standard InChI is InChI=1S/C22H29N5O2/c1-17(27-14-11-24-18(27)2)21(29)25-12-7-22(8-13-25)6-3-20(28)26(16-22)15-19-4-9-23-10-5-19/h4-5,9-11,14,17H,3,6-8,12-13,15-16H2,1-2H3. The van der Waals surface area contributed by atoms with Crippen molar-refractivity contribution in [1.29, 1.82) is 0 Å². The number of amides is 2. The smallest absolute Gasteiger partial charge is 0.245 e. The highest BCUT2D eigenvalue weighted by Crippen LogP contribution is 2.41. The summed E-state index contributed by atoms with van der Waals surface area (Å²) in [4.78, 5) is 37.7. The van der Waals surface area contributed by atoms with Crippen LogP contribution in [0, 0.1) is 12.3 Å². The van der Waals surface area contributed by atoms with E-state index in [-0.39, 0.29) is 23.3 Å². The van der Waals surface area contributed by atoms with E-state index in [0.29, 0.717) is 13.0 Å². The number of likely N-dealkylation sites (tertiary alicyclic amines) is 2. The number of rotatable bonds is 4. The zero-order chi connectivity index (χ0) is 20.4. The molecular formula is C22H29N5O2. The quantitative estimate of drug-likeness (QED) is 0.798. The van der Waals surface area contributed by atoms with Crippen molar-refractivity contribution in [3.05, 3.63) is 48.3 Å². The molecule has 1 atom stereocenters. The lowest BCUT2D eigenvalue weighted by molar-refractivity contribution is -0.144. The molecule has 1 spiro atoms. The highest BCUT2D eigenvalue weighted by atomic mass is 16.2. The first-order valence-electron chi connectivity index (χ1n) is 10.4.